The second-order valence-electron chi connectivity index (χ2n) is 3.41. The first-order valence-electron chi connectivity index (χ1n) is 4.88. The van der Waals surface area contributed by atoms with Gasteiger partial charge in [0.1, 0.15) is 6.07 Å². The summed E-state index contributed by atoms with van der Waals surface area (Å²) in [5.74, 6) is 0. The normalized spacial score (nSPS) is 9.75. The fraction of sp³-hybridized carbons (Fsp3) is 0.0769. The van der Waals surface area contributed by atoms with E-state index in [0.29, 0.717) is 12.0 Å². The van der Waals surface area contributed by atoms with E-state index in [1.54, 1.807) is 18.3 Å². The second-order valence-corrected chi connectivity index (χ2v) is 4.33. The van der Waals surface area contributed by atoms with Crippen molar-refractivity contribution in [1.82, 2.24) is 4.98 Å². The van der Waals surface area contributed by atoms with Crippen molar-refractivity contribution in [3.63, 3.8) is 0 Å². The highest BCUT2D eigenvalue weighted by atomic mass is 79.9. The van der Waals surface area contributed by atoms with E-state index in [4.69, 9.17) is 5.26 Å². The van der Waals surface area contributed by atoms with Crippen molar-refractivity contribution in [1.29, 1.82) is 5.26 Å². The van der Waals surface area contributed by atoms with Gasteiger partial charge in [-0.05, 0) is 29.8 Å². The van der Waals surface area contributed by atoms with Crippen molar-refractivity contribution in [2.75, 3.05) is 0 Å². The van der Waals surface area contributed by atoms with Crippen molar-refractivity contribution in [3.05, 3.63) is 63.9 Å². The lowest BCUT2D eigenvalue weighted by Crippen LogP contribution is -1.95. The van der Waals surface area contributed by atoms with Crippen LogP contribution in [0.5, 0.6) is 0 Å². The molecule has 16 heavy (non-hydrogen) atoms. The van der Waals surface area contributed by atoms with Gasteiger partial charge in [-0.25, -0.2) is 0 Å². The Labute approximate surface area is 103 Å². The van der Waals surface area contributed by atoms with E-state index < -0.39 is 0 Å². The summed E-state index contributed by atoms with van der Waals surface area (Å²) in [5.41, 5.74) is 2.62. The largest absolute Gasteiger partial charge is 0.260 e. The molecule has 0 saturated carbocycles. The van der Waals surface area contributed by atoms with Gasteiger partial charge in [-0.3, -0.25) is 4.98 Å². The van der Waals surface area contributed by atoms with Gasteiger partial charge in [0.25, 0.3) is 0 Å². The van der Waals surface area contributed by atoms with Gasteiger partial charge in [-0.15, -0.1) is 0 Å². The van der Waals surface area contributed by atoms with Crippen LogP contribution in [0.4, 0.5) is 0 Å². The highest BCUT2D eigenvalue weighted by Gasteiger charge is 2.03. The van der Waals surface area contributed by atoms with Crippen LogP contribution >= 0.6 is 15.9 Å². The van der Waals surface area contributed by atoms with Gasteiger partial charge in [-0.1, -0.05) is 28.1 Å². The van der Waals surface area contributed by atoms with Crippen LogP contribution in [-0.4, -0.2) is 4.98 Å². The van der Waals surface area contributed by atoms with E-state index in [9.17, 15) is 0 Å². The van der Waals surface area contributed by atoms with Gasteiger partial charge in [-0.2, -0.15) is 5.26 Å². The van der Waals surface area contributed by atoms with Crippen LogP contribution in [0.15, 0.2) is 47.1 Å². The van der Waals surface area contributed by atoms with Crippen LogP contribution in [0.1, 0.15) is 16.8 Å². The zero-order valence-corrected chi connectivity index (χ0v) is 10.1. The highest BCUT2D eigenvalue weighted by molar-refractivity contribution is 9.10. The molecule has 1 heterocycles. The Morgan fingerprint density at radius 3 is 2.62 bits per heavy atom. The molecule has 78 valence electrons. The molecule has 2 aromatic rings. The first kappa shape index (κ1) is 10.8. The fourth-order valence-electron chi connectivity index (χ4n) is 1.48. The fourth-order valence-corrected chi connectivity index (χ4v) is 1.74. The Bertz CT molecular complexity index is 526. The third-order valence-corrected chi connectivity index (χ3v) is 2.82. The number of aromatic nitrogens is 1. The molecule has 2 nitrogen and oxygen atoms in total. The van der Waals surface area contributed by atoms with E-state index in [0.717, 1.165) is 15.7 Å². The van der Waals surface area contributed by atoms with Crippen molar-refractivity contribution in [2.45, 2.75) is 6.42 Å². The Kier molecular flexibility index (Phi) is 3.33. The third kappa shape index (κ3) is 2.47. The molecule has 0 unspecified atom stereocenters. The Balaban J connectivity index is 2.27. The van der Waals surface area contributed by atoms with Crippen molar-refractivity contribution in [2.24, 2.45) is 0 Å². The van der Waals surface area contributed by atoms with Gasteiger partial charge >= 0.3 is 0 Å². The maximum absolute atomic E-state index is 8.94. The van der Waals surface area contributed by atoms with Crippen molar-refractivity contribution >= 4 is 15.9 Å². The van der Waals surface area contributed by atoms with Crippen molar-refractivity contribution < 1.29 is 0 Å². The van der Waals surface area contributed by atoms with Crippen molar-refractivity contribution in [3.8, 4) is 6.07 Å². The van der Waals surface area contributed by atoms with E-state index in [2.05, 4.69) is 27.0 Å². The van der Waals surface area contributed by atoms with Gasteiger partial charge in [0.2, 0.25) is 0 Å². The van der Waals surface area contributed by atoms with Gasteiger partial charge in [0.15, 0.2) is 0 Å². The molecule has 0 aliphatic carbocycles. The predicted molar refractivity (Wildman–Crippen MR) is 65.9 cm³/mol. The van der Waals surface area contributed by atoms with Gasteiger partial charge in [0, 0.05) is 17.1 Å². The second kappa shape index (κ2) is 4.91. The van der Waals surface area contributed by atoms with E-state index in [1.807, 2.05) is 24.3 Å². The summed E-state index contributed by atoms with van der Waals surface area (Å²) in [7, 11) is 0. The first-order chi connectivity index (χ1) is 7.79. The Morgan fingerprint density at radius 1 is 1.19 bits per heavy atom. The molecule has 2 rings (SSSR count). The summed E-state index contributed by atoms with van der Waals surface area (Å²) >= 11 is 3.39. The van der Waals surface area contributed by atoms with Crippen LogP contribution in [-0.2, 0) is 6.42 Å². The molecule has 0 fully saturated rings. The van der Waals surface area contributed by atoms with E-state index in [-0.39, 0.29) is 0 Å². The number of pyridine rings is 1. The Hall–Kier alpha value is -1.66. The van der Waals surface area contributed by atoms with Gasteiger partial charge in [0.05, 0.1) is 11.3 Å². The number of halogens is 1. The molecular weight excluding hydrogens is 264 g/mol. The third-order valence-electron chi connectivity index (χ3n) is 2.30. The zero-order valence-electron chi connectivity index (χ0n) is 8.52. The number of nitrogens with zero attached hydrogens (tertiary/aromatic N) is 2. The molecule has 0 saturated heterocycles. The number of benzene rings is 1. The minimum absolute atomic E-state index is 0.644. The number of hydrogen-bond donors (Lipinski definition) is 0. The molecule has 0 spiro atoms. The first-order valence-corrected chi connectivity index (χ1v) is 5.67. The summed E-state index contributed by atoms with van der Waals surface area (Å²) in [5, 5.41) is 8.94. The predicted octanol–water partition coefficient (Wildman–Crippen LogP) is 3.31. The topological polar surface area (TPSA) is 36.7 Å². The molecule has 1 aromatic carbocycles. The summed E-state index contributed by atoms with van der Waals surface area (Å²) in [6.45, 7) is 0. The minimum Gasteiger partial charge on any atom is -0.260 e. The molecule has 0 bridgehead atoms. The SMILES string of the molecule is N#Cc1cccnc1Cc1ccc(Br)cc1. The average molecular weight is 273 g/mol. The molecule has 0 atom stereocenters. The number of rotatable bonds is 2. The van der Waals surface area contributed by atoms with E-state index in [1.165, 1.54) is 0 Å². The smallest absolute Gasteiger partial charge is 0.101 e. The van der Waals surface area contributed by atoms with Crippen LogP contribution in [0.25, 0.3) is 0 Å². The van der Waals surface area contributed by atoms with Gasteiger partial charge < -0.3 is 0 Å². The molecule has 0 radical (unpaired) electrons. The molecule has 0 aliphatic heterocycles. The molecule has 0 aliphatic rings. The zero-order chi connectivity index (χ0) is 11.4. The van der Waals surface area contributed by atoms with Crippen LogP contribution in [0.2, 0.25) is 0 Å². The lowest BCUT2D eigenvalue weighted by molar-refractivity contribution is 1.06. The standard InChI is InChI=1S/C13H9BrN2/c14-12-5-3-10(4-6-12)8-13-11(9-15)2-1-7-16-13/h1-7H,8H2. The molecule has 0 amide bonds. The quantitative estimate of drug-likeness (QED) is 0.841. The summed E-state index contributed by atoms with van der Waals surface area (Å²) < 4.78 is 1.05. The van der Waals surface area contributed by atoms with Crippen LogP contribution in [0, 0.1) is 11.3 Å². The summed E-state index contributed by atoms with van der Waals surface area (Å²) in [6.07, 6.45) is 2.41. The molecular formula is C13H9BrN2. The maximum Gasteiger partial charge on any atom is 0.101 e. The van der Waals surface area contributed by atoms with Crippen LogP contribution < -0.4 is 0 Å². The minimum atomic E-state index is 0.644. The molecule has 0 N–H and O–H groups in total. The summed E-state index contributed by atoms with van der Waals surface area (Å²) in [4.78, 5) is 4.23. The highest BCUT2D eigenvalue weighted by Crippen LogP contribution is 2.14. The molecule has 3 heteroatoms. The lowest BCUT2D eigenvalue weighted by Gasteiger charge is -2.02. The monoisotopic (exact) mass is 272 g/mol. The lowest BCUT2D eigenvalue weighted by atomic mass is 10.1. The Morgan fingerprint density at radius 2 is 1.94 bits per heavy atom. The number of hydrogen-bond acceptors (Lipinski definition) is 2. The number of nitriles is 1. The average Bonchev–Trinajstić information content (AvgIpc) is 2.33. The molecule has 1 aromatic heterocycles. The van der Waals surface area contributed by atoms with Crippen LogP contribution in [0.3, 0.4) is 0 Å². The maximum atomic E-state index is 8.94. The summed E-state index contributed by atoms with van der Waals surface area (Å²) in [6, 6.07) is 13.8. The van der Waals surface area contributed by atoms with E-state index >= 15 is 0 Å².